The lowest BCUT2D eigenvalue weighted by molar-refractivity contribution is -0.116. The second-order valence-electron chi connectivity index (χ2n) is 5.41. The van der Waals surface area contributed by atoms with E-state index in [9.17, 15) is 9.90 Å². The van der Waals surface area contributed by atoms with Gasteiger partial charge in [-0.25, -0.2) is 0 Å². The van der Waals surface area contributed by atoms with Crippen LogP contribution in [0.25, 0.3) is 0 Å². The summed E-state index contributed by atoms with van der Waals surface area (Å²) in [5.41, 5.74) is 3.28. The maximum Gasteiger partial charge on any atom is 0.224 e. The molecule has 1 saturated heterocycles. The van der Waals surface area contributed by atoms with Gasteiger partial charge in [-0.15, -0.1) is 0 Å². The highest BCUT2D eigenvalue weighted by Gasteiger charge is 2.24. The number of nitrogens with one attached hydrogen (secondary N) is 1. The van der Waals surface area contributed by atoms with Crippen molar-refractivity contribution in [3.63, 3.8) is 0 Å². The molecule has 3 rings (SSSR count). The molecule has 2 aliphatic rings. The molecular formula is C15H20N2O2. The van der Waals surface area contributed by atoms with Crippen LogP contribution >= 0.6 is 0 Å². The highest BCUT2D eigenvalue weighted by atomic mass is 16.3. The van der Waals surface area contributed by atoms with Crippen LogP contribution in [0.5, 0.6) is 0 Å². The SMILES string of the molecule is O=C1CCc2cc(C(CO)N3CCCC3)ccc2N1. The molecule has 4 nitrogen and oxygen atoms in total. The van der Waals surface area contributed by atoms with Gasteiger partial charge in [0.25, 0.3) is 0 Å². The lowest BCUT2D eigenvalue weighted by Crippen LogP contribution is -2.28. The van der Waals surface area contributed by atoms with Crippen LogP contribution in [0.4, 0.5) is 5.69 Å². The van der Waals surface area contributed by atoms with Crippen LogP contribution in [0.2, 0.25) is 0 Å². The molecule has 2 aliphatic heterocycles. The van der Waals surface area contributed by atoms with Gasteiger partial charge in [0.05, 0.1) is 12.6 Å². The van der Waals surface area contributed by atoms with Gasteiger partial charge in [0, 0.05) is 12.1 Å². The number of fused-ring (bicyclic) bond motifs is 1. The molecule has 0 aromatic heterocycles. The van der Waals surface area contributed by atoms with E-state index in [2.05, 4.69) is 16.3 Å². The topological polar surface area (TPSA) is 52.6 Å². The largest absolute Gasteiger partial charge is 0.394 e. The van der Waals surface area contributed by atoms with E-state index in [-0.39, 0.29) is 18.6 Å². The third-order valence-corrected chi connectivity index (χ3v) is 4.16. The fourth-order valence-corrected chi connectivity index (χ4v) is 3.10. The Morgan fingerprint density at radius 2 is 2.05 bits per heavy atom. The molecule has 0 saturated carbocycles. The van der Waals surface area contributed by atoms with Gasteiger partial charge in [-0.2, -0.15) is 0 Å². The number of anilines is 1. The van der Waals surface area contributed by atoms with Crippen molar-refractivity contribution in [2.24, 2.45) is 0 Å². The number of benzene rings is 1. The van der Waals surface area contributed by atoms with E-state index >= 15 is 0 Å². The third-order valence-electron chi connectivity index (χ3n) is 4.16. The number of hydrogen-bond acceptors (Lipinski definition) is 3. The van der Waals surface area contributed by atoms with Gasteiger partial charge in [0.2, 0.25) is 5.91 Å². The molecule has 0 radical (unpaired) electrons. The van der Waals surface area contributed by atoms with Gasteiger partial charge in [0.15, 0.2) is 0 Å². The number of hydrogen-bond donors (Lipinski definition) is 2. The molecule has 2 N–H and O–H groups in total. The summed E-state index contributed by atoms with van der Waals surface area (Å²) >= 11 is 0. The second-order valence-corrected chi connectivity index (χ2v) is 5.41. The van der Waals surface area contributed by atoms with E-state index in [4.69, 9.17) is 0 Å². The van der Waals surface area contributed by atoms with E-state index in [0.717, 1.165) is 25.2 Å². The molecule has 1 atom stereocenters. The zero-order chi connectivity index (χ0) is 13.2. The summed E-state index contributed by atoms with van der Waals surface area (Å²) in [5.74, 6) is 0.0958. The van der Waals surface area contributed by atoms with Crippen LogP contribution in [-0.2, 0) is 11.2 Å². The van der Waals surface area contributed by atoms with Crippen LogP contribution in [0.15, 0.2) is 18.2 Å². The fraction of sp³-hybridized carbons (Fsp3) is 0.533. The van der Waals surface area contributed by atoms with Crippen molar-refractivity contribution in [3.05, 3.63) is 29.3 Å². The van der Waals surface area contributed by atoms with Crippen molar-refractivity contribution in [2.75, 3.05) is 25.0 Å². The Morgan fingerprint density at radius 1 is 1.26 bits per heavy atom. The molecule has 1 aromatic carbocycles. The van der Waals surface area contributed by atoms with Crippen LogP contribution in [0, 0.1) is 0 Å². The third kappa shape index (κ3) is 2.51. The number of aryl methyl sites for hydroxylation is 1. The first-order valence-corrected chi connectivity index (χ1v) is 7.05. The zero-order valence-corrected chi connectivity index (χ0v) is 11.1. The Bertz CT molecular complexity index is 481. The van der Waals surface area contributed by atoms with Crippen LogP contribution < -0.4 is 5.32 Å². The first kappa shape index (κ1) is 12.6. The summed E-state index contributed by atoms with van der Waals surface area (Å²) in [6, 6.07) is 6.25. The average Bonchev–Trinajstić information content (AvgIpc) is 2.93. The minimum absolute atomic E-state index is 0.0958. The smallest absolute Gasteiger partial charge is 0.224 e. The Balaban J connectivity index is 1.85. The molecule has 2 heterocycles. The van der Waals surface area contributed by atoms with E-state index in [1.165, 1.54) is 24.0 Å². The maximum atomic E-state index is 11.4. The number of aliphatic hydroxyl groups is 1. The average molecular weight is 260 g/mol. The van der Waals surface area contributed by atoms with Gasteiger partial charge >= 0.3 is 0 Å². The molecule has 1 amide bonds. The van der Waals surface area contributed by atoms with Crippen LogP contribution in [-0.4, -0.2) is 35.6 Å². The van der Waals surface area contributed by atoms with Crippen molar-refractivity contribution in [2.45, 2.75) is 31.7 Å². The van der Waals surface area contributed by atoms with E-state index in [1.807, 2.05) is 12.1 Å². The summed E-state index contributed by atoms with van der Waals surface area (Å²) in [5, 5.41) is 12.6. The standard InChI is InChI=1S/C15H20N2O2/c18-10-14(17-7-1-2-8-17)12-3-5-13-11(9-12)4-6-15(19)16-13/h3,5,9,14,18H,1-2,4,6-8,10H2,(H,16,19). The monoisotopic (exact) mass is 260 g/mol. The van der Waals surface area contributed by atoms with Gasteiger partial charge in [-0.1, -0.05) is 12.1 Å². The molecule has 1 unspecified atom stereocenters. The van der Waals surface area contributed by atoms with Crippen molar-refractivity contribution in [1.82, 2.24) is 4.90 Å². The lowest BCUT2D eigenvalue weighted by atomic mass is 9.97. The molecule has 102 valence electrons. The Labute approximate surface area is 113 Å². The molecule has 4 heteroatoms. The van der Waals surface area contributed by atoms with E-state index < -0.39 is 0 Å². The Kier molecular flexibility index (Phi) is 3.53. The summed E-state index contributed by atoms with van der Waals surface area (Å²) in [7, 11) is 0. The molecular weight excluding hydrogens is 240 g/mol. The molecule has 1 fully saturated rings. The normalized spacial score (nSPS) is 21.0. The number of likely N-dealkylation sites (tertiary alicyclic amines) is 1. The van der Waals surface area contributed by atoms with Crippen molar-refractivity contribution in [3.8, 4) is 0 Å². The Morgan fingerprint density at radius 3 is 2.79 bits per heavy atom. The number of carbonyl (C=O) groups is 1. The minimum Gasteiger partial charge on any atom is -0.394 e. The van der Waals surface area contributed by atoms with Crippen molar-refractivity contribution in [1.29, 1.82) is 0 Å². The maximum absolute atomic E-state index is 11.4. The lowest BCUT2D eigenvalue weighted by Gasteiger charge is -2.27. The quantitative estimate of drug-likeness (QED) is 0.869. The van der Waals surface area contributed by atoms with Gasteiger partial charge in [0.1, 0.15) is 0 Å². The predicted molar refractivity (Wildman–Crippen MR) is 74.0 cm³/mol. The van der Waals surface area contributed by atoms with Crippen molar-refractivity contribution >= 4 is 11.6 Å². The van der Waals surface area contributed by atoms with Crippen molar-refractivity contribution < 1.29 is 9.90 Å². The molecule has 0 spiro atoms. The number of nitrogens with zero attached hydrogens (tertiary/aromatic N) is 1. The van der Waals surface area contributed by atoms with Gasteiger partial charge in [-0.3, -0.25) is 9.69 Å². The summed E-state index contributed by atoms with van der Waals surface area (Å²) in [6.45, 7) is 2.29. The molecule has 0 bridgehead atoms. The minimum atomic E-state index is 0.0958. The number of carbonyl (C=O) groups excluding carboxylic acids is 1. The highest BCUT2D eigenvalue weighted by Crippen LogP contribution is 2.30. The van der Waals surface area contributed by atoms with Crippen LogP contribution in [0.1, 0.15) is 36.4 Å². The first-order chi connectivity index (χ1) is 9.28. The van der Waals surface area contributed by atoms with Gasteiger partial charge < -0.3 is 10.4 Å². The summed E-state index contributed by atoms with van der Waals surface area (Å²) in [6.07, 6.45) is 3.80. The predicted octanol–water partition coefficient (Wildman–Crippen LogP) is 1.70. The van der Waals surface area contributed by atoms with E-state index in [0.29, 0.717) is 6.42 Å². The van der Waals surface area contributed by atoms with E-state index in [1.54, 1.807) is 0 Å². The summed E-state index contributed by atoms with van der Waals surface area (Å²) in [4.78, 5) is 13.7. The molecule has 19 heavy (non-hydrogen) atoms. The van der Waals surface area contributed by atoms with Crippen LogP contribution in [0.3, 0.4) is 0 Å². The number of rotatable bonds is 3. The zero-order valence-electron chi connectivity index (χ0n) is 11.1. The highest BCUT2D eigenvalue weighted by molar-refractivity contribution is 5.93. The Hall–Kier alpha value is -1.39. The number of amides is 1. The second kappa shape index (κ2) is 5.31. The fourth-order valence-electron chi connectivity index (χ4n) is 3.10. The summed E-state index contributed by atoms with van der Waals surface area (Å²) < 4.78 is 0. The molecule has 1 aromatic rings. The first-order valence-electron chi connectivity index (χ1n) is 7.05. The number of aliphatic hydroxyl groups excluding tert-OH is 1. The molecule has 0 aliphatic carbocycles. The van der Waals surface area contributed by atoms with Gasteiger partial charge in [-0.05, 0) is 49.5 Å².